The number of nitrogens with zero attached hydrogens (tertiary/aromatic N) is 4. The van der Waals surface area contributed by atoms with Crippen molar-refractivity contribution >= 4 is 39.0 Å². The lowest BCUT2D eigenvalue weighted by molar-refractivity contribution is 0.140. The number of para-hydroxylation sites is 1. The van der Waals surface area contributed by atoms with Crippen LogP contribution in [0, 0.1) is 0 Å². The molecule has 9 heteroatoms. The highest BCUT2D eigenvalue weighted by Crippen LogP contribution is 2.22. The number of rotatable bonds is 8. The van der Waals surface area contributed by atoms with Crippen LogP contribution in [0.25, 0.3) is 15.9 Å². The third-order valence-corrected chi connectivity index (χ3v) is 6.17. The van der Waals surface area contributed by atoms with Crippen molar-refractivity contribution < 1.29 is 4.74 Å². The fourth-order valence-electron chi connectivity index (χ4n) is 3.02. The Kier molecular flexibility index (Phi) is 6.08. The van der Waals surface area contributed by atoms with E-state index in [-0.39, 0.29) is 11.1 Å². The Balaban J connectivity index is 1.65. The summed E-state index contributed by atoms with van der Waals surface area (Å²) >= 11 is 2.84. The Morgan fingerprint density at radius 3 is 2.93 bits per heavy atom. The molecule has 3 aromatic heterocycles. The number of aromatic nitrogens is 4. The van der Waals surface area contributed by atoms with E-state index in [1.54, 1.807) is 16.8 Å². The Labute approximate surface area is 175 Å². The fraction of sp³-hybridized carbons (Fsp3) is 0.300. The molecular formula is C20H20N4O3S2. The van der Waals surface area contributed by atoms with E-state index in [9.17, 15) is 9.59 Å². The van der Waals surface area contributed by atoms with Crippen molar-refractivity contribution in [3.63, 3.8) is 0 Å². The quantitative estimate of drug-likeness (QED) is 0.244. The van der Waals surface area contributed by atoms with Crippen LogP contribution >= 0.6 is 23.1 Å². The maximum atomic E-state index is 13.0. The van der Waals surface area contributed by atoms with Gasteiger partial charge in [0.1, 0.15) is 0 Å². The van der Waals surface area contributed by atoms with Crippen LogP contribution in [0.4, 0.5) is 0 Å². The maximum Gasteiger partial charge on any atom is 0.262 e. The van der Waals surface area contributed by atoms with Crippen LogP contribution in [0.5, 0.6) is 0 Å². The van der Waals surface area contributed by atoms with Crippen LogP contribution in [-0.2, 0) is 17.0 Å². The number of hydrogen-bond acceptors (Lipinski definition) is 7. The van der Waals surface area contributed by atoms with Gasteiger partial charge in [0.2, 0.25) is 0 Å². The van der Waals surface area contributed by atoms with E-state index >= 15 is 0 Å². The molecule has 0 saturated heterocycles. The maximum absolute atomic E-state index is 13.0. The van der Waals surface area contributed by atoms with E-state index < -0.39 is 0 Å². The van der Waals surface area contributed by atoms with Gasteiger partial charge in [-0.25, -0.2) is 9.97 Å². The van der Waals surface area contributed by atoms with Crippen molar-refractivity contribution in [2.45, 2.75) is 30.8 Å². The molecule has 1 aromatic carbocycles. The first-order valence-electron chi connectivity index (χ1n) is 9.33. The van der Waals surface area contributed by atoms with Crippen LogP contribution < -0.4 is 11.1 Å². The molecule has 0 spiro atoms. The third-order valence-electron chi connectivity index (χ3n) is 4.41. The van der Waals surface area contributed by atoms with Gasteiger partial charge in [0, 0.05) is 43.2 Å². The highest BCUT2D eigenvalue weighted by molar-refractivity contribution is 7.98. The number of ether oxygens (including phenoxy) is 1. The first kappa shape index (κ1) is 19.8. The first-order chi connectivity index (χ1) is 14.2. The zero-order valence-corrected chi connectivity index (χ0v) is 17.5. The predicted octanol–water partition coefficient (Wildman–Crippen LogP) is 3.18. The summed E-state index contributed by atoms with van der Waals surface area (Å²) in [6.45, 7) is 3.72. The molecule has 0 unspecified atom stereocenters. The van der Waals surface area contributed by atoms with Gasteiger partial charge in [0.15, 0.2) is 10.1 Å². The highest BCUT2D eigenvalue weighted by atomic mass is 32.2. The van der Waals surface area contributed by atoms with Gasteiger partial charge >= 0.3 is 0 Å². The van der Waals surface area contributed by atoms with E-state index in [0.717, 1.165) is 6.42 Å². The fourth-order valence-corrected chi connectivity index (χ4v) is 4.68. The van der Waals surface area contributed by atoms with Crippen LogP contribution in [-0.4, -0.2) is 32.1 Å². The lowest BCUT2D eigenvalue weighted by Gasteiger charge is -2.13. The van der Waals surface area contributed by atoms with E-state index in [1.165, 1.54) is 33.6 Å². The van der Waals surface area contributed by atoms with Crippen molar-refractivity contribution in [3.05, 3.63) is 68.3 Å². The van der Waals surface area contributed by atoms with Gasteiger partial charge in [-0.05, 0) is 25.5 Å². The van der Waals surface area contributed by atoms with E-state index in [4.69, 9.17) is 9.72 Å². The molecule has 0 bridgehead atoms. The van der Waals surface area contributed by atoms with Crippen molar-refractivity contribution in [2.24, 2.45) is 0 Å². The van der Waals surface area contributed by atoms with Crippen LogP contribution in [0.15, 0.2) is 56.7 Å². The number of benzene rings is 1. The van der Waals surface area contributed by atoms with Crippen LogP contribution in [0.2, 0.25) is 0 Å². The molecular weight excluding hydrogens is 408 g/mol. The average molecular weight is 429 g/mol. The van der Waals surface area contributed by atoms with Gasteiger partial charge < -0.3 is 4.74 Å². The van der Waals surface area contributed by atoms with Crippen LogP contribution in [0.3, 0.4) is 0 Å². The zero-order valence-electron chi connectivity index (χ0n) is 15.9. The van der Waals surface area contributed by atoms with Gasteiger partial charge in [0.05, 0.1) is 16.6 Å². The van der Waals surface area contributed by atoms with E-state index in [0.29, 0.717) is 52.2 Å². The molecule has 0 fully saturated rings. The van der Waals surface area contributed by atoms with Crippen molar-refractivity contribution in [1.82, 2.24) is 18.9 Å². The Morgan fingerprint density at radius 1 is 1.21 bits per heavy atom. The molecule has 3 heterocycles. The van der Waals surface area contributed by atoms with Gasteiger partial charge in [0.25, 0.3) is 11.1 Å². The minimum Gasteiger partial charge on any atom is -0.382 e. The molecule has 0 N–H and O–H groups in total. The normalized spacial score (nSPS) is 11.5. The topological polar surface area (TPSA) is 78.5 Å². The molecule has 0 aliphatic rings. The molecule has 0 aliphatic heterocycles. The lowest BCUT2D eigenvalue weighted by atomic mass is 10.2. The van der Waals surface area contributed by atoms with Crippen molar-refractivity contribution in [1.29, 1.82) is 0 Å². The molecule has 0 aliphatic carbocycles. The molecule has 4 aromatic rings. The summed E-state index contributed by atoms with van der Waals surface area (Å²) in [6.07, 6.45) is 2.44. The number of thiazole rings is 1. The molecule has 29 heavy (non-hydrogen) atoms. The van der Waals surface area contributed by atoms with Gasteiger partial charge in [-0.1, -0.05) is 23.9 Å². The zero-order chi connectivity index (χ0) is 20.2. The molecule has 0 atom stereocenters. The Bertz CT molecular complexity index is 1260. The number of hydrogen-bond donors (Lipinski definition) is 0. The lowest BCUT2D eigenvalue weighted by Crippen LogP contribution is -2.24. The highest BCUT2D eigenvalue weighted by Gasteiger charge is 2.13. The summed E-state index contributed by atoms with van der Waals surface area (Å²) < 4.78 is 8.63. The molecule has 0 saturated carbocycles. The minimum absolute atomic E-state index is 0.0589. The SMILES string of the molecule is CCOCCCn1c(SCc2cc(=O)n3ccsc3n2)nc2ccccc2c1=O. The number of fused-ring (bicyclic) bond motifs is 2. The van der Waals surface area contributed by atoms with Crippen LogP contribution in [0.1, 0.15) is 19.0 Å². The average Bonchev–Trinajstić information content (AvgIpc) is 3.20. The number of thioether (sulfide) groups is 1. The summed E-state index contributed by atoms with van der Waals surface area (Å²) in [4.78, 5) is 35.1. The van der Waals surface area contributed by atoms with Gasteiger partial charge in [-0.2, -0.15) is 0 Å². The molecule has 4 rings (SSSR count). The molecule has 0 amide bonds. The minimum atomic E-state index is -0.104. The second kappa shape index (κ2) is 8.89. The third kappa shape index (κ3) is 4.26. The predicted molar refractivity (Wildman–Crippen MR) is 116 cm³/mol. The van der Waals surface area contributed by atoms with E-state index in [1.807, 2.05) is 30.5 Å². The van der Waals surface area contributed by atoms with E-state index in [2.05, 4.69) is 4.98 Å². The summed E-state index contributed by atoms with van der Waals surface area (Å²) in [5.74, 6) is 0.458. The summed E-state index contributed by atoms with van der Waals surface area (Å²) in [7, 11) is 0. The molecule has 0 radical (unpaired) electrons. The second-order valence-corrected chi connectivity index (χ2v) is 8.16. The summed E-state index contributed by atoms with van der Waals surface area (Å²) in [5, 5.41) is 3.06. The van der Waals surface area contributed by atoms with Gasteiger partial charge in [-0.15, -0.1) is 11.3 Å². The van der Waals surface area contributed by atoms with Gasteiger partial charge in [-0.3, -0.25) is 18.6 Å². The summed E-state index contributed by atoms with van der Waals surface area (Å²) in [5.41, 5.74) is 1.18. The molecule has 150 valence electrons. The largest absolute Gasteiger partial charge is 0.382 e. The summed E-state index contributed by atoms with van der Waals surface area (Å²) in [6, 6.07) is 8.89. The smallest absolute Gasteiger partial charge is 0.262 e. The molecule has 7 nitrogen and oxygen atoms in total. The van der Waals surface area contributed by atoms with Crippen molar-refractivity contribution in [3.8, 4) is 0 Å². The standard InChI is InChI=1S/C20H20N4O3S2/c1-2-27-10-5-8-24-18(26)15-6-3-4-7-16(15)22-20(24)29-13-14-12-17(25)23-9-11-28-19(23)21-14/h3-4,6-7,9,11-12H,2,5,8,10,13H2,1H3. The second-order valence-electron chi connectivity index (χ2n) is 6.35. The monoisotopic (exact) mass is 428 g/mol. The van der Waals surface area contributed by atoms with Crippen molar-refractivity contribution in [2.75, 3.05) is 13.2 Å². The first-order valence-corrected chi connectivity index (χ1v) is 11.2. The Hall–Kier alpha value is -2.49. The Morgan fingerprint density at radius 2 is 2.07 bits per heavy atom.